The van der Waals surface area contributed by atoms with Crippen LogP contribution >= 0.6 is 0 Å². The maximum absolute atomic E-state index is 13.5. The summed E-state index contributed by atoms with van der Waals surface area (Å²) in [4.78, 5) is 28.8. The molecule has 0 spiro atoms. The molecule has 7 heteroatoms. The van der Waals surface area contributed by atoms with Crippen molar-refractivity contribution < 1.29 is 4.79 Å². The molecule has 2 atom stereocenters. The second-order valence-electron chi connectivity index (χ2n) is 10.0. The predicted octanol–water partition coefficient (Wildman–Crippen LogP) is 4.17. The van der Waals surface area contributed by atoms with Crippen LogP contribution in [-0.4, -0.2) is 50.3 Å². The second kappa shape index (κ2) is 10.7. The molecule has 1 aliphatic heterocycles. The number of carbonyl (C=O) groups excluding carboxylic acids is 1. The Hall–Kier alpha value is -3.45. The summed E-state index contributed by atoms with van der Waals surface area (Å²) in [7, 11) is 0. The third-order valence-corrected chi connectivity index (χ3v) is 7.54. The Morgan fingerprint density at radius 1 is 1.00 bits per heavy atom. The smallest absolute Gasteiger partial charge is 0.291 e. The van der Waals surface area contributed by atoms with Gasteiger partial charge in [0.1, 0.15) is 12.1 Å². The van der Waals surface area contributed by atoms with E-state index in [1.165, 1.54) is 23.9 Å². The summed E-state index contributed by atoms with van der Waals surface area (Å²) in [5.41, 5.74) is 2.43. The van der Waals surface area contributed by atoms with Crippen LogP contribution in [-0.2, 0) is 17.9 Å². The molecular weight excluding hydrogens is 450 g/mol. The zero-order valence-electron chi connectivity index (χ0n) is 21.2. The number of hydrogen-bond donors (Lipinski definition) is 1. The van der Waals surface area contributed by atoms with Gasteiger partial charge in [0.15, 0.2) is 0 Å². The molecule has 0 aliphatic carbocycles. The Bertz CT molecular complexity index is 1400. The van der Waals surface area contributed by atoms with Crippen LogP contribution in [0, 0.1) is 0 Å². The molecule has 0 radical (unpaired) electrons. The average Bonchev–Trinajstić information content (AvgIpc) is 3.20. The lowest BCUT2D eigenvalue weighted by molar-refractivity contribution is -0.121. The van der Waals surface area contributed by atoms with E-state index in [2.05, 4.69) is 41.3 Å². The summed E-state index contributed by atoms with van der Waals surface area (Å²) in [6.07, 6.45) is 6.40. The number of para-hydroxylation sites is 1. The van der Waals surface area contributed by atoms with Crippen LogP contribution in [0.25, 0.3) is 21.8 Å². The van der Waals surface area contributed by atoms with Gasteiger partial charge < -0.3 is 9.88 Å². The van der Waals surface area contributed by atoms with E-state index >= 15 is 0 Å². The predicted molar refractivity (Wildman–Crippen MR) is 144 cm³/mol. The van der Waals surface area contributed by atoms with Crippen molar-refractivity contribution in [1.82, 2.24) is 24.6 Å². The van der Waals surface area contributed by atoms with Gasteiger partial charge in [-0.05, 0) is 44.7 Å². The summed E-state index contributed by atoms with van der Waals surface area (Å²) in [6, 6.07) is 19.3. The summed E-state index contributed by atoms with van der Waals surface area (Å²) in [6.45, 7) is 6.65. The molecule has 1 amide bonds. The third-order valence-electron chi connectivity index (χ3n) is 7.54. The van der Waals surface area contributed by atoms with E-state index in [-0.39, 0.29) is 18.0 Å². The molecule has 1 aliphatic rings. The van der Waals surface area contributed by atoms with E-state index in [4.69, 9.17) is 0 Å². The first-order valence-corrected chi connectivity index (χ1v) is 13.1. The Labute approximate surface area is 211 Å². The van der Waals surface area contributed by atoms with Crippen LogP contribution in [0.15, 0.2) is 65.6 Å². The zero-order valence-corrected chi connectivity index (χ0v) is 21.2. The van der Waals surface area contributed by atoms with Crippen molar-refractivity contribution >= 4 is 27.7 Å². The molecule has 7 nitrogen and oxygen atoms in total. The second-order valence-corrected chi connectivity index (χ2v) is 10.0. The minimum Gasteiger partial charge on any atom is -0.354 e. The Morgan fingerprint density at radius 2 is 1.72 bits per heavy atom. The molecule has 0 saturated carbocycles. The number of carbonyl (C=O) groups is 1. The lowest BCUT2D eigenvalue weighted by Gasteiger charge is -2.39. The average molecular weight is 486 g/mol. The molecule has 0 bridgehead atoms. The number of nitrogens with zero attached hydrogens (tertiary/aromatic N) is 4. The number of fused-ring (bicyclic) bond motifs is 3. The highest BCUT2D eigenvalue weighted by molar-refractivity contribution is 6.07. The van der Waals surface area contributed by atoms with Crippen molar-refractivity contribution in [2.24, 2.45) is 0 Å². The quantitative estimate of drug-likeness (QED) is 0.380. The van der Waals surface area contributed by atoms with E-state index in [1.807, 2.05) is 47.0 Å². The molecule has 2 aromatic heterocycles. The van der Waals surface area contributed by atoms with Gasteiger partial charge in [0.2, 0.25) is 5.91 Å². The van der Waals surface area contributed by atoms with E-state index in [0.29, 0.717) is 30.7 Å². The Morgan fingerprint density at radius 3 is 2.50 bits per heavy atom. The number of hydrogen-bond acceptors (Lipinski definition) is 4. The van der Waals surface area contributed by atoms with Gasteiger partial charge in [0.05, 0.1) is 6.20 Å². The van der Waals surface area contributed by atoms with Crippen molar-refractivity contribution in [2.75, 3.05) is 13.1 Å². The topological polar surface area (TPSA) is 72.2 Å². The molecule has 4 aromatic rings. The SMILES string of the molecule is CC1CCCC(C)N1CCCNC(=O)Cn1ncc2c3ccccc3n(Cc3ccccc3)c2c1=O. The number of likely N-dealkylation sites (tertiary alicyclic amines) is 1. The standard InChI is InChI=1S/C29H35N5O2/c1-21-10-8-11-22(2)32(21)17-9-16-30-27(35)20-34-29(36)28-25(18-31-34)24-14-6-7-15-26(24)33(28)19-23-12-4-3-5-13-23/h3-7,12-15,18,21-22H,8-11,16-17,19-20H2,1-2H3,(H,30,35). The lowest BCUT2D eigenvalue weighted by Crippen LogP contribution is -2.45. The van der Waals surface area contributed by atoms with Gasteiger partial charge >= 0.3 is 0 Å². The summed E-state index contributed by atoms with van der Waals surface area (Å²) in [5.74, 6) is -0.186. The van der Waals surface area contributed by atoms with E-state index in [1.54, 1.807) is 6.20 Å². The first-order chi connectivity index (χ1) is 17.5. The summed E-state index contributed by atoms with van der Waals surface area (Å²) >= 11 is 0. The molecule has 188 valence electrons. The highest BCUT2D eigenvalue weighted by Crippen LogP contribution is 2.27. The van der Waals surface area contributed by atoms with E-state index in [0.717, 1.165) is 34.8 Å². The van der Waals surface area contributed by atoms with Crippen molar-refractivity contribution in [3.8, 4) is 0 Å². The van der Waals surface area contributed by atoms with Crippen LogP contribution in [0.5, 0.6) is 0 Å². The molecule has 3 heterocycles. The molecule has 1 N–H and O–H groups in total. The number of aromatic nitrogens is 3. The van der Waals surface area contributed by atoms with Crippen LogP contribution in [0.4, 0.5) is 0 Å². The number of benzene rings is 2. The molecule has 1 fully saturated rings. The third kappa shape index (κ3) is 4.93. The fraction of sp³-hybridized carbons (Fsp3) is 0.414. The maximum atomic E-state index is 13.5. The van der Waals surface area contributed by atoms with Gasteiger partial charge in [-0.3, -0.25) is 14.5 Å². The van der Waals surface area contributed by atoms with Crippen LogP contribution in [0.2, 0.25) is 0 Å². The minimum atomic E-state index is -0.245. The largest absolute Gasteiger partial charge is 0.354 e. The van der Waals surface area contributed by atoms with Crippen LogP contribution in [0.1, 0.15) is 45.1 Å². The van der Waals surface area contributed by atoms with Crippen LogP contribution in [0.3, 0.4) is 0 Å². The van der Waals surface area contributed by atoms with Gasteiger partial charge in [0, 0.05) is 48.0 Å². The summed E-state index contributed by atoms with van der Waals surface area (Å²) < 4.78 is 3.33. The Balaban J connectivity index is 1.32. The molecule has 5 rings (SSSR count). The number of rotatable bonds is 8. The van der Waals surface area contributed by atoms with Crippen molar-refractivity contribution in [2.45, 2.75) is 64.7 Å². The molecular formula is C29H35N5O2. The Kier molecular flexibility index (Phi) is 7.18. The highest BCUT2D eigenvalue weighted by atomic mass is 16.2. The highest BCUT2D eigenvalue weighted by Gasteiger charge is 2.24. The zero-order chi connectivity index (χ0) is 25.1. The molecule has 2 unspecified atom stereocenters. The van der Waals surface area contributed by atoms with Gasteiger partial charge in [0.25, 0.3) is 5.56 Å². The first-order valence-electron chi connectivity index (χ1n) is 13.1. The fourth-order valence-corrected chi connectivity index (χ4v) is 5.63. The molecule has 36 heavy (non-hydrogen) atoms. The van der Waals surface area contributed by atoms with Gasteiger partial charge in [-0.2, -0.15) is 5.10 Å². The minimum absolute atomic E-state index is 0.0852. The number of amides is 1. The van der Waals surface area contributed by atoms with E-state index in [9.17, 15) is 9.59 Å². The van der Waals surface area contributed by atoms with Crippen LogP contribution < -0.4 is 10.9 Å². The van der Waals surface area contributed by atoms with Crippen molar-refractivity contribution in [3.63, 3.8) is 0 Å². The van der Waals surface area contributed by atoms with Gasteiger partial charge in [-0.15, -0.1) is 0 Å². The van der Waals surface area contributed by atoms with E-state index < -0.39 is 0 Å². The number of piperidine rings is 1. The van der Waals surface area contributed by atoms with Gasteiger partial charge in [-0.25, -0.2) is 4.68 Å². The van der Waals surface area contributed by atoms with Gasteiger partial charge in [-0.1, -0.05) is 55.0 Å². The molecule has 2 aromatic carbocycles. The number of nitrogens with one attached hydrogen (secondary N) is 1. The lowest BCUT2D eigenvalue weighted by atomic mass is 9.97. The first kappa shape index (κ1) is 24.3. The van der Waals surface area contributed by atoms with Crippen molar-refractivity contribution in [1.29, 1.82) is 0 Å². The maximum Gasteiger partial charge on any atom is 0.291 e. The van der Waals surface area contributed by atoms with Crippen molar-refractivity contribution in [3.05, 3.63) is 76.7 Å². The normalized spacial score (nSPS) is 18.6. The molecule has 1 saturated heterocycles. The fourth-order valence-electron chi connectivity index (χ4n) is 5.63. The summed E-state index contributed by atoms with van der Waals surface area (Å²) in [5, 5.41) is 9.15. The monoisotopic (exact) mass is 485 g/mol.